The Morgan fingerprint density at radius 3 is 2.35 bits per heavy atom. The van der Waals surface area contributed by atoms with Gasteiger partial charge in [-0.2, -0.15) is 5.26 Å². The third-order valence-electron chi connectivity index (χ3n) is 5.42. The zero-order valence-corrected chi connectivity index (χ0v) is 16.8. The number of hydrogen-bond acceptors (Lipinski definition) is 2. The van der Waals surface area contributed by atoms with Crippen LogP contribution in [-0.2, 0) is 6.54 Å². The van der Waals surface area contributed by atoms with E-state index in [9.17, 15) is 14.4 Å². The first kappa shape index (κ1) is 20.1. The second-order valence-electron chi connectivity index (χ2n) is 7.25. The highest BCUT2D eigenvalue weighted by atomic mass is 19.1. The summed E-state index contributed by atoms with van der Waals surface area (Å²) in [5, 5.41) is 19.8. The number of aromatic carboxylic acids is 1. The lowest BCUT2D eigenvalue weighted by molar-refractivity contribution is 0.0697. The lowest BCUT2D eigenvalue weighted by atomic mass is 10.0. The van der Waals surface area contributed by atoms with Crippen molar-refractivity contribution in [1.29, 1.82) is 5.26 Å². The van der Waals surface area contributed by atoms with Gasteiger partial charge in [0.2, 0.25) is 0 Å². The number of para-hydroxylation sites is 1. The van der Waals surface area contributed by atoms with Crippen molar-refractivity contribution in [2.45, 2.75) is 13.5 Å². The van der Waals surface area contributed by atoms with Gasteiger partial charge in [0.1, 0.15) is 5.82 Å². The van der Waals surface area contributed by atoms with E-state index in [1.807, 2.05) is 47.9 Å². The predicted octanol–water partition coefficient (Wildman–Crippen LogP) is 5.90. The highest BCUT2D eigenvalue weighted by molar-refractivity contribution is 5.99. The monoisotopic (exact) mass is 410 g/mol. The first-order chi connectivity index (χ1) is 15.0. The Morgan fingerprint density at radius 2 is 1.68 bits per heavy atom. The number of nitriles is 1. The fourth-order valence-corrected chi connectivity index (χ4v) is 3.76. The summed E-state index contributed by atoms with van der Waals surface area (Å²) in [4.78, 5) is 11.1. The molecule has 0 atom stereocenters. The van der Waals surface area contributed by atoms with Crippen molar-refractivity contribution in [2.24, 2.45) is 0 Å². The van der Waals surface area contributed by atoms with Gasteiger partial charge in [-0.3, -0.25) is 0 Å². The van der Waals surface area contributed by atoms with Gasteiger partial charge in [-0.1, -0.05) is 48.5 Å². The number of halogens is 1. The van der Waals surface area contributed by atoms with Gasteiger partial charge in [0, 0.05) is 27.7 Å². The van der Waals surface area contributed by atoms with Gasteiger partial charge in [0.15, 0.2) is 0 Å². The lowest BCUT2D eigenvalue weighted by Gasteiger charge is -2.09. The topological polar surface area (TPSA) is 66.0 Å². The summed E-state index contributed by atoms with van der Waals surface area (Å²) >= 11 is 0. The van der Waals surface area contributed by atoms with Gasteiger partial charge in [-0.15, -0.1) is 0 Å². The molecule has 0 aliphatic heterocycles. The molecule has 31 heavy (non-hydrogen) atoms. The Bertz CT molecular complexity index is 1360. The standard InChI is InChI=1S/C26H19FN2O2/c1-17-23(14-21(15-28)18-10-12-19(13-11-18)26(30)31)22-7-3-5-9-25(22)29(17)16-20-6-2-4-8-24(20)27/h2-14H,16H2,1H3,(H,30,31). The van der Waals surface area contributed by atoms with Crippen LogP contribution in [0.2, 0.25) is 0 Å². The van der Waals surface area contributed by atoms with E-state index < -0.39 is 5.97 Å². The molecule has 0 saturated heterocycles. The van der Waals surface area contributed by atoms with Gasteiger partial charge < -0.3 is 9.67 Å². The van der Waals surface area contributed by atoms with Crippen molar-refractivity contribution in [1.82, 2.24) is 4.57 Å². The number of allylic oxidation sites excluding steroid dienone is 1. The average molecular weight is 410 g/mol. The Hall–Kier alpha value is -4.17. The number of aromatic nitrogens is 1. The maximum atomic E-state index is 14.3. The minimum atomic E-state index is -1.01. The van der Waals surface area contributed by atoms with Crippen LogP contribution in [0.4, 0.5) is 4.39 Å². The predicted molar refractivity (Wildman–Crippen MR) is 119 cm³/mol. The van der Waals surface area contributed by atoms with Crippen LogP contribution in [0.1, 0.15) is 32.7 Å². The number of rotatable bonds is 5. The van der Waals surface area contributed by atoms with E-state index in [1.165, 1.54) is 18.2 Å². The smallest absolute Gasteiger partial charge is 0.335 e. The molecule has 0 spiro atoms. The van der Waals surface area contributed by atoms with Crippen LogP contribution in [0, 0.1) is 24.1 Å². The number of fused-ring (bicyclic) bond motifs is 1. The number of carbonyl (C=O) groups is 1. The maximum Gasteiger partial charge on any atom is 0.335 e. The molecule has 0 fully saturated rings. The normalized spacial score (nSPS) is 11.5. The van der Waals surface area contributed by atoms with E-state index in [4.69, 9.17) is 5.11 Å². The fourth-order valence-electron chi connectivity index (χ4n) is 3.76. The van der Waals surface area contributed by atoms with Crippen LogP contribution in [-0.4, -0.2) is 15.6 Å². The molecule has 0 aliphatic carbocycles. The minimum Gasteiger partial charge on any atom is -0.478 e. The van der Waals surface area contributed by atoms with Crippen LogP contribution in [0.25, 0.3) is 22.6 Å². The molecule has 4 aromatic rings. The molecule has 5 heteroatoms. The van der Waals surface area contributed by atoms with Crippen molar-refractivity contribution < 1.29 is 14.3 Å². The van der Waals surface area contributed by atoms with Crippen LogP contribution >= 0.6 is 0 Å². The van der Waals surface area contributed by atoms with Crippen molar-refractivity contribution in [3.8, 4) is 6.07 Å². The molecule has 0 unspecified atom stereocenters. The van der Waals surface area contributed by atoms with Crippen molar-refractivity contribution in [3.05, 3.63) is 107 Å². The highest BCUT2D eigenvalue weighted by Gasteiger charge is 2.15. The number of benzene rings is 3. The summed E-state index contributed by atoms with van der Waals surface area (Å²) in [6.07, 6.45) is 1.81. The third kappa shape index (κ3) is 3.84. The summed E-state index contributed by atoms with van der Waals surface area (Å²) in [5.74, 6) is -1.27. The van der Waals surface area contributed by atoms with Gasteiger partial charge >= 0.3 is 5.97 Å². The van der Waals surface area contributed by atoms with E-state index in [2.05, 4.69) is 6.07 Å². The molecule has 0 radical (unpaired) electrons. The summed E-state index contributed by atoms with van der Waals surface area (Å²) in [5.41, 5.74) is 4.57. The number of carboxylic acid groups (broad SMARTS) is 1. The molecule has 0 bridgehead atoms. The molecular weight excluding hydrogens is 391 g/mol. The zero-order chi connectivity index (χ0) is 22.0. The minimum absolute atomic E-state index is 0.165. The van der Waals surface area contributed by atoms with E-state index >= 15 is 0 Å². The summed E-state index contributed by atoms with van der Waals surface area (Å²) in [6.45, 7) is 2.33. The SMILES string of the molecule is Cc1c(C=C(C#N)c2ccc(C(=O)O)cc2)c2ccccc2n1Cc1ccccc1F. The van der Waals surface area contributed by atoms with E-state index in [1.54, 1.807) is 24.3 Å². The first-order valence-corrected chi connectivity index (χ1v) is 9.76. The van der Waals surface area contributed by atoms with Gasteiger partial charge in [-0.05, 0) is 42.8 Å². The average Bonchev–Trinajstić information content (AvgIpc) is 3.04. The molecule has 0 saturated carbocycles. The number of carboxylic acids is 1. The highest BCUT2D eigenvalue weighted by Crippen LogP contribution is 2.30. The van der Waals surface area contributed by atoms with Crippen molar-refractivity contribution in [3.63, 3.8) is 0 Å². The second-order valence-corrected chi connectivity index (χ2v) is 7.25. The maximum absolute atomic E-state index is 14.3. The molecular formula is C26H19FN2O2. The van der Waals surface area contributed by atoms with Crippen LogP contribution in [0.3, 0.4) is 0 Å². The third-order valence-corrected chi connectivity index (χ3v) is 5.42. The van der Waals surface area contributed by atoms with Gasteiger partial charge in [0.05, 0.1) is 23.8 Å². The Labute approximate surface area is 179 Å². The molecule has 4 rings (SSSR count). The summed E-state index contributed by atoms with van der Waals surface area (Å²) in [6, 6.07) is 23.0. The van der Waals surface area contributed by atoms with Crippen LogP contribution in [0.5, 0.6) is 0 Å². The van der Waals surface area contributed by atoms with E-state index in [0.717, 1.165) is 22.2 Å². The van der Waals surface area contributed by atoms with E-state index in [-0.39, 0.29) is 11.4 Å². The zero-order valence-electron chi connectivity index (χ0n) is 16.8. The molecule has 1 N–H and O–H groups in total. The summed E-state index contributed by atoms with van der Waals surface area (Å²) in [7, 11) is 0. The Kier molecular flexibility index (Phi) is 5.38. The molecule has 4 nitrogen and oxygen atoms in total. The number of nitrogens with zero attached hydrogens (tertiary/aromatic N) is 2. The molecule has 3 aromatic carbocycles. The second kappa shape index (κ2) is 8.29. The van der Waals surface area contributed by atoms with E-state index in [0.29, 0.717) is 23.2 Å². The lowest BCUT2D eigenvalue weighted by Crippen LogP contribution is -2.03. The van der Waals surface area contributed by atoms with Gasteiger partial charge in [0.25, 0.3) is 0 Å². The number of hydrogen-bond donors (Lipinski definition) is 1. The van der Waals surface area contributed by atoms with Crippen LogP contribution < -0.4 is 0 Å². The molecule has 1 aromatic heterocycles. The Balaban J connectivity index is 1.84. The molecule has 1 heterocycles. The quantitative estimate of drug-likeness (QED) is 0.417. The van der Waals surface area contributed by atoms with Gasteiger partial charge in [-0.25, -0.2) is 9.18 Å². The molecule has 0 amide bonds. The van der Waals surface area contributed by atoms with Crippen LogP contribution in [0.15, 0.2) is 72.8 Å². The fraction of sp³-hybridized carbons (Fsp3) is 0.0769. The summed E-state index contributed by atoms with van der Waals surface area (Å²) < 4.78 is 16.3. The molecule has 0 aliphatic rings. The molecule has 152 valence electrons. The van der Waals surface area contributed by atoms with Crippen molar-refractivity contribution >= 4 is 28.5 Å². The van der Waals surface area contributed by atoms with Crippen molar-refractivity contribution in [2.75, 3.05) is 0 Å². The Morgan fingerprint density at radius 1 is 1.03 bits per heavy atom. The first-order valence-electron chi connectivity index (χ1n) is 9.76. The largest absolute Gasteiger partial charge is 0.478 e.